The maximum Gasteiger partial charge on any atom is 0.240 e. The minimum Gasteiger partial charge on any atom is -0.494 e. The van der Waals surface area contributed by atoms with Crippen molar-refractivity contribution in [2.75, 3.05) is 17.3 Å². The molecule has 0 saturated carbocycles. The standard InChI is InChI=1S/C20H20ClN5O2S/c1-3-28-16-9-7-13(8-10-16)17-18(29-20-24-23-12(2)26(20)25-17)19(27)22-15-6-4-5-14(21)11-15/h4-11,17-18,25H,3H2,1-2H3,(H,22,27)/t17-,18-/m0/s1. The lowest BCUT2D eigenvalue weighted by Crippen LogP contribution is -2.41. The molecule has 9 heteroatoms. The summed E-state index contributed by atoms with van der Waals surface area (Å²) >= 11 is 7.42. The zero-order chi connectivity index (χ0) is 20.4. The van der Waals surface area contributed by atoms with Crippen LogP contribution in [0.3, 0.4) is 0 Å². The second kappa shape index (κ2) is 8.34. The quantitative estimate of drug-likeness (QED) is 0.637. The third-order valence-corrected chi connectivity index (χ3v) is 5.95. The molecule has 2 atom stereocenters. The van der Waals surface area contributed by atoms with E-state index in [0.29, 0.717) is 22.5 Å². The highest BCUT2D eigenvalue weighted by Crippen LogP contribution is 2.38. The Kier molecular flexibility index (Phi) is 5.64. The molecule has 0 spiro atoms. The Labute approximate surface area is 177 Å². The molecule has 4 rings (SSSR count). The molecule has 150 valence electrons. The van der Waals surface area contributed by atoms with Gasteiger partial charge in [0, 0.05) is 10.7 Å². The van der Waals surface area contributed by atoms with E-state index in [1.54, 1.807) is 18.2 Å². The number of nitrogens with one attached hydrogen (secondary N) is 2. The van der Waals surface area contributed by atoms with Crippen molar-refractivity contribution in [3.63, 3.8) is 0 Å². The molecule has 2 aromatic carbocycles. The normalized spacial score (nSPS) is 17.9. The second-order valence-electron chi connectivity index (χ2n) is 6.51. The van der Waals surface area contributed by atoms with E-state index in [4.69, 9.17) is 16.3 Å². The van der Waals surface area contributed by atoms with Crippen LogP contribution in [0, 0.1) is 6.92 Å². The smallest absolute Gasteiger partial charge is 0.240 e. The summed E-state index contributed by atoms with van der Waals surface area (Å²) in [4.78, 5) is 13.2. The van der Waals surface area contributed by atoms with E-state index in [2.05, 4.69) is 20.9 Å². The lowest BCUT2D eigenvalue weighted by Gasteiger charge is -2.32. The minimum atomic E-state index is -0.456. The van der Waals surface area contributed by atoms with Gasteiger partial charge in [-0.05, 0) is 49.7 Å². The summed E-state index contributed by atoms with van der Waals surface area (Å²) in [5.41, 5.74) is 5.00. The SMILES string of the molecule is CCOc1ccc([C@@H]2Nn3c(C)nnc3S[C@@H]2C(=O)Nc2cccc(Cl)c2)cc1. The topological polar surface area (TPSA) is 81.1 Å². The van der Waals surface area contributed by atoms with Crippen molar-refractivity contribution in [1.29, 1.82) is 0 Å². The average molecular weight is 430 g/mol. The molecule has 1 aliphatic heterocycles. The molecule has 2 N–H and O–H groups in total. The van der Waals surface area contributed by atoms with Crippen LogP contribution in [0.15, 0.2) is 53.7 Å². The second-order valence-corrected chi connectivity index (χ2v) is 8.06. The van der Waals surface area contributed by atoms with Crippen LogP contribution in [0.4, 0.5) is 5.69 Å². The third-order valence-electron chi connectivity index (χ3n) is 4.50. The van der Waals surface area contributed by atoms with Gasteiger partial charge in [0.1, 0.15) is 16.8 Å². The highest BCUT2D eigenvalue weighted by molar-refractivity contribution is 8.00. The molecule has 0 saturated heterocycles. The van der Waals surface area contributed by atoms with Gasteiger partial charge < -0.3 is 15.5 Å². The van der Waals surface area contributed by atoms with Crippen LogP contribution in [0.25, 0.3) is 0 Å². The van der Waals surface area contributed by atoms with Crippen molar-refractivity contribution in [1.82, 2.24) is 14.9 Å². The maximum atomic E-state index is 13.2. The molecular formula is C20H20ClN5O2S. The fourth-order valence-electron chi connectivity index (χ4n) is 3.13. The van der Waals surface area contributed by atoms with Crippen molar-refractivity contribution in [3.05, 3.63) is 64.9 Å². The molecule has 0 radical (unpaired) electrons. The largest absolute Gasteiger partial charge is 0.494 e. The number of aromatic nitrogens is 3. The molecule has 29 heavy (non-hydrogen) atoms. The monoisotopic (exact) mass is 429 g/mol. The summed E-state index contributed by atoms with van der Waals surface area (Å²) in [6.07, 6.45) is 0. The fourth-order valence-corrected chi connectivity index (χ4v) is 4.44. The van der Waals surface area contributed by atoms with E-state index in [1.165, 1.54) is 11.8 Å². The first-order chi connectivity index (χ1) is 14.0. The van der Waals surface area contributed by atoms with Crippen molar-refractivity contribution >= 4 is 35.0 Å². The van der Waals surface area contributed by atoms with Crippen molar-refractivity contribution in [3.8, 4) is 5.75 Å². The summed E-state index contributed by atoms with van der Waals surface area (Å²) in [5, 5.41) is 12.0. The maximum absolute atomic E-state index is 13.2. The van der Waals surface area contributed by atoms with Gasteiger partial charge in [0.15, 0.2) is 0 Å². The Hall–Kier alpha value is -2.71. The van der Waals surface area contributed by atoms with Crippen LogP contribution in [0.5, 0.6) is 5.75 Å². The number of carbonyl (C=O) groups excluding carboxylic acids is 1. The summed E-state index contributed by atoms with van der Waals surface area (Å²) in [5.74, 6) is 1.38. The van der Waals surface area contributed by atoms with Crippen LogP contribution in [-0.2, 0) is 4.79 Å². The Morgan fingerprint density at radius 2 is 2.07 bits per heavy atom. The molecule has 0 fully saturated rings. The number of anilines is 1. The first kappa shape index (κ1) is 19.6. The molecule has 3 aromatic rings. The number of rotatable bonds is 5. The van der Waals surface area contributed by atoms with Gasteiger partial charge in [-0.1, -0.05) is 41.6 Å². The third kappa shape index (κ3) is 4.18. The van der Waals surface area contributed by atoms with Crippen molar-refractivity contribution in [2.24, 2.45) is 0 Å². The van der Waals surface area contributed by atoms with Gasteiger partial charge in [0.25, 0.3) is 0 Å². The van der Waals surface area contributed by atoms with Crippen LogP contribution < -0.4 is 15.5 Å². The summed E-state index contributed by atoms with van der Waals surface area (Å²) < 4.78 is 7.35. The molecule has 1 aliphatic rings. The van der Waals surface area contributed by atoms with E-state index < -0.39 is 5.25 Å². The van der Waals surface area contributed by atoms with Gasteiger partial charge >= 0.3 is 0 Å². The molecule has 0 unspecified atom stereocenters. The number of carbonyl (C=O) groups is 1. The Morgan fingerprint density at radius 1 is 1.28 bits per heavy atom. The zero-order valence-corrected chi connectivity index (χ0v) is 17.5. The molecular weight excluding hydrogens is 410 g/mol. The van der Waals surface area contributed by atoms with E-state index in [1.807, 2.05) is 48.9 Å². The number of nitrogens with zero attached hydrogens (tertiary/aromatic N) is 3. The predicted octanol–water partition coefficient (Wildman–Crippen LogP) is 4.04. The predicted molar refractivity (Wildman–Crippen MR) is 114 cm³/mol. The number of halogens is 1. The number of hydrogen-bond acceptors (Lipinski definition) is 6. The van der Waals surface area contributed by atoms with Gasteiger partial charge in [-0.15, -0.1) is 10.2 Å². The number of amides is 1. The van der Waals surface area contributed by atoms with Gasteiger partial charge in [-0.3, -0.25) is 4.79 Å². The van der Waals surface area contributed by atoms with Gasteiger partial charge in [-0.2, -0.15) is 0 Å². The molecule has 0 bridgehead atoms. The van der Waals surface area contributed by atoms with Crippen LogP contribution in [0.1, 0.15) is 24.4 Å². The number of ether oxygens (including phenoxy) is 1. The number of benzene rings is 2. The van der Waals surface area contributed by atoms with E-state index in [9.17, 15) is 4.79 Å². The molecule has 0 aliphatic carbocycles. The summed E-state index contributed by atoms with van der Waals surface area (Å²) in [6.45, 7) is 4.41. The fraction of sp³-hybridized carbons (Fsp3) is 0.250. The average Bonchev–Trinajstić information content (AvgIpc) is 3.08. The number of hydrogen-bond donors (Lipinski definition) is 2. The number of thioether (sulfide) groups is 1. The van der Waals surface area contributed by atoms with E-state index >= 15 is 0 Å². The lowest BCUT2D eigenvalue weighted by atomic mass is 10.0. The van der Waals surface area contributed by atoms with Gasteiger partial charge in [0.2, 0.25) is 11.1 Å². The van der Waals surface area contributed by atoms with Crippen molar-refractivity contribution in [2.45, 2.75) is 30.3 Å². The Morgan fingerprint density at radius 3 is 2.79 bits per heavy atom. The molecule has 1 aromatic heterocycles. The lowest BCUT2D eigenvalue weighted by molar-refractivity contribution is -0.116. The zero-order valence-electron chi connectivity index (χ0n) is 15.9. The molecule has 7 nitrogen and oxygen atoms in total. The van der Waals surface area contributed by atoms with E-state index in [0.717, 1.165) is 17.1 Å². The van der Waals surface area contributed by atoms with Crippen LogP contribution in [0.2, 0.25) is 5.02 Å². The Balaban J connectivity index is 1.64. The first-order valence-corrected chi connectivity index (χ1v) is 10.5. The van der Waals surface area contributed by atoms with Crippen LogP contribution in [-0.4, -0.2) is 32.6 Å². The molecule has 1 amide bonds. The number of aryl methyl sites for hydroxylation is 1. The minimum absolute atomic E-state index is 0.143. The molecule has 2 heterocycles. The van der Waals surface area contributed by atoms with Gasteiger partial charge in [0.05, 0.1) is 12.6 Å². The Bertz CT molecular complexity index is 1020. The highest BCUT2D eigenvalue weighted by atomic mass is 35.5. The first-order valence-electron chi connectivity index (χ1n) is 9.19. The van der Waals surface area contributed by atoms with E-state index in [-0.39, 0.29) is 11.9 Å². The summed E-state index contributed by atoms with van der Waals surface area (Å²) in [6, 6.07) is 14.6. The van der Waals surface area contributed by atoms with Gasteiger partial charge in [-0.25, -0.2) is 4.68 Å². The highest BCUT2D eigenvalue weighted by Gasteiger charge is 2.37. The van der Waals surface area contributed by atoms with Crippen molar-refractivity contribution < 1.29 is 9.53 Å². The summed E-state index contributed by atoms with van der Waals surface area (Å²) in [7, 11) is 0. The van der Waals surface area contributed by atoms with Crippen LogP contribution >= 0.6 is 23.4 Å². The number of fused-ring (bicyclic) bond motifs is 1.